The van der Waals surface area contributed by atoms with Crippen molar-refractivity contribution in [3.63, 3.8) is 0 Å². The summed E-state index contributed by atoms with van der Waals surface area (Å²) in [7, 11) is 1.97. The average Bonchev–Trinajstić information content (AvgIpc) is 3.59. The van der Waals surface area contributed by atoms with Crippen molar-refractivity contribution in [2.45, 2.75) is 206 Å². The Morgan fingerprint density at radius 1 is 0.931 bits per heavy atom. The Morgan fingerprint density at radius 2 is 1.64 bits per heavy atom. The number of ether oxygens (including phenoxy) is 2. The minimum absolute atomic E-state index is 0.0511. The highest BCUT2D eigenvalue weighted by molar-refractivity contribution is 6.02. The molecule has 10 nitrogen and oxygen atoms in total. The van der Waals surface area contributed by atoms with Gasteiger partial charge in [0.1, 0.15) is 11.9 Å². The van der Waals surface area contributed by atoms with Gasteiger partial charge in [-0.1, -0.05) is 72.1 Å². The third kappa shape index (κ3) is 8.05. The van der Waals surface area contributed by atoms with E-state index in [1.807, 2.05) is 20.9 Å². The van der Waals surface area contributed by atoms with Crippen LogP contribution in [0.4, 0.5) is 0 Å². The number of carbonyl (C=O) groups excluding carboxylic acids is 2. The number of H-pyrrole nitrogens is 1. The highest BCUT2D eigenvalue weighted by atomic mass is 16.6. The molecule has 0 amide bonds. The number of benzene rings is 1. The molecule has 3 aromatic rings. The van der Waals surface area contributed by atoms with Crippen LogP contribution in [0, 0.1) is 50.7 Å². The Labute approximate surface area is 430 Å². The molecule has 0 spiro atoms. The Kier molecular flexibility index (Phi) is 13.2. The lowest BCUT2D eigenvalue weighted by Gasteiger charge is -2.71. The molecule has 394 valence electrons. The maximum atomic E-state index is 15.6. The summed E-state index contributed by atoms with van der Waals surface area (Å²) in [5.74, 6) is 0.916. The summed E-state index contributed by atoms with van der Waals surface area (Å²) in [6, 6.07) is 7.56. The molecular weight excluding hydrogens is 899 g/mol. The molecule has 4 saturated carbocycles. The summed E-state index contributed by atoms with van der Waals surface area (Å²) in [6.45, 7) is 18.7. The predicted molar refractivity (Wildman–Crippen MR) is 283 cm³/mol. The van der Waals surface area contributed by atoms with E-state index in [9.17, 15) is 20.1 Å². The van der Waals surface area contributed by atoms with Crippen molar-refractivity contribution >= 4 is 22.6 Å². The molecule has 5 heterocycles. The number of hydrogen-bond acceptors (Lipinski definition) is 8. The summed E-state index contributed by atoms with van der Waals surface area (Å²) in [6.07, 6.45) is 18.7. The molecule has 12 atom stereocenters. The van der Waals surface area contributed by atoms with Crippen LogP contribution in [0.2, 0.25) is 0 Å². The topological polar surface area (TPSA) is 149 Å². The number of nitrogens with zero attached hydrogens (tertiary/aromatic N) is 1. The molecule has 5 aliphatic carbocycles. The second-order valence-electron chi connectivity index (χ2n) is 26.9. The lowest BCUT2D eigenvalue weighted by Crippen LogP contribution is -2.69. The number of nitrogens with one attached hydrogen (secondary N) is 2. The van der Waals surface area contributed by atoms with Crippen LogP contribution >= 0.6 is 0 Å². The first-order valence-electron chi connectivity index (χ1n) is 28.8. The van der Waals surface area contributed by atoms with Crippen molar-refractivity contribution < 1.29 is 34.4 Å². The predicted octanol–water partition coefficient (Wildman–Crippen LogP) is 10.7. The van der Waals surface area contributed by atoms with Gasteiger partial charge < -0.3 is 39.7 Å². The number of epoxide rings is 1. The molecule has 8 aliphatic rings. The van der Waals surface area contributed by atoms with Crippen LogP contribution in [0.3, 0.4) is 0 Å². The molecule has 2 aromatic heterocycles. The van der Waals surface area contributed by atoms with E-state index in [1.54, 1.807) is 0 Å². The van der Waals surface area contributed by atoms with E-state index < -0.39 is 44.9 Å². The highest BCUT2D eigenvalue weighted by Crippen LogP contribution is 2.76. The SMILES string of the molecule is CNCC[C@]1(C)C(=O)[C@H](CCCO)C[C@@]2(C)[C@H]3[C@H](O)[C@@H]4Cn5cc(Cc6cc(C7CCCCC7)cc(C7CCOCC7)c6)c6[nH]cc(c65)CC[C@@](C)(C[C@@H](O)[C@H]5OC5(C)C)C5=C4[C@](C)(CC5=O)[C@@]3(C)CC[C@H]21. The van der Waals surface area contributed by atoms with Gasteiger partial charge in [-0.25, -0.2) is 0 Å². The number of Topliss-reactive ketones (excluding diaryl/α,β-unsaturated/α-hetero) is 2. The first kappa shape index (κ1) is 51.0. The fourth-order valence-corrected chi connectivity index (χ4v) is 18.6. The first-order valence-corrected chi connectivity index (χ1v) is 28.8. The number of aliphatic hydroxyl groups is 3. The van der Waals surface area contributed by atoms with E-state index in [2.05, 4.69) is 80.1 Å². The van der Waals surface area contributed by atoms with Gasteiger partial charge in [0.15, 0.2) is 5.78 Å². The highest BCUT2D eigenvalue weighted by Gasteiger charge is 2.73. The third-order valence-corrected chi connectivity index (χ3v) is 22.2. The summed E-state index contributed by atoms with van der Waals surface area (Å²) >= 11 is 0. The molecule has 0 unspecified atom stereocenters. The monoisotopic (exact) mass is 988 g/mol. The Balaban J connectivity index is 1.06. The second kappa shape index (κ2) is 18.6. The van der Waals surface area contributed by atoms with Gasteiger partial charge in [-0.05, 0) is 184 Å². The van der Waals surface area contributed by atoms with Crippen LogP contribution in [-0.4, -0.2) is 93.8 Å². The van der Waals surface area contributed by atoms with Crippen molar-refractivity contribution in [1.82, 2.24) is 14.9 Å². The standard InChI is InChI=1S/C62H89N3O7/c1-57(2)56(72-57)47(68)32-58(3)20-16-41-34-64-51-44(29-37-27-42(38-13-10-9-11-14-38)30-43(28-37)39-18-25-71-26-19-39)35-65(52(41)51)36-45-49-50(58)46(67)33-62(49,7)61(6)21-17-48-59(4,22-23-63-8)55(70)40(15-12-24-66)31-60(48,5)54(61)53(45)69/h27-28,30,34-35,38-40,45,47-48,53-54,56,63-64,66,68-69H,9-26,29,31-33,36H2,1-8H3/t40-,45-,47-,48+,53-,54-,56-,58+,59+,60-,61+,62+/m1/s1. The Morgan fingerprint density at radius 3 is 2.32 bits per heavy atom. The molecule has 2 saturated heterocycles. The first-order chi connectivity index (χ1) is 34.3. The maximum Gasteiger partial charge on any atom is 0.160 e. The molecule has 10 heteroatoms. The van der Waals surface area contributed by atoms with Gasteiger partial charge in [-0.2, -0.15) is 0 Å². The van der Waals surface area contributed by atoms with Gasteiger partial charge in [-0.3, -0.25) is 9.59 Å². The van der Waals surface area contributed by atoms with E-state index in [4.69, 9.17) is 9.47 Å². The molecular formula is C62H89N3O7. The van der Waals surface area contributed by atoms with Crippen LogP contribution in [0.25, 0.3) is 11.0 Å². The number of aryl methyl sites for hydroxylation is 1. The van der Waals surface area contributed by atoms with Crippen molar-refractivity contribution in [3.05, 3.63) is 69.6 Å². The number of fused-ring (bicyclic) bond motifs is 4. The molecule has 3 aliphatic heterocycles. The lowest BCUT2D eigenvalue weighted by atomic mass is 9.33. The molecule has 5 N–H and O–H groups in total. The summed E-state index contributed by atoms with van der Waals surface area (Å²) in [5, 5.41) is 39.7. The average molecular weight is 988 g/mol. The van der Waals surface area contributed by atoms with Crippen molar-refractivity contribution in [3.8, 4) is 0 Å². The van der Waals surface area contributed by atoms with Gasteiger partial charge in [-0.15, -0.1) is 0 Å². The fourth-order valence-electron chi connectivity index (χ4n) is 18.6. The number of ketones is 2. The fraction of sp³-hybridized carbons (Fsp3) is 0.742. The summed E-state index contributed by atoms with van der Waals surface area (Å²) < 4.78 is 14.4. The molecule has 0 bridgehead atoms. The molecule has 0 radical (unpaired) electrons. The summed E-state index contributed by atoms with van der Waals surface area (Å²) in [4.78, 5) is 34.3. The molecule has 6 fully saturated rings. The maximum absolute atomic E-state index is 15.6. The Bertz CT molecular complexity index is 2560. The third-order valence-electron chi connectivity index (χ3n) is 22.2. The van der Waals surface area contributed by atoms with Gasteiger partial charge in [0.25, 0.3) is 0 Å². The van der Waals surface area contributed by atoms with Gasteiger partial charge >= 0.3 is 0 Å². The van der Waals surface area contributed by atoms with E-state index in [0.29, 0.717) is 62.7 Å². The van der Waals surface area contributed by atoms with E-state index in [1.165, 1.54) is 65.4 Å². The number of aromatic nitrogens is 2. The molecule has 72 heavy (non-hydrogen) atoms. The number of aromatic amines is 1. The summed E-state index contributed by atoms with van der Waals surface area (Å²) in [5.41, 5.74) is 8.09. The quantitative estimate of drug-likeness (QED) is 0.106. The number of carbonyl (C=O) groups is 2. The minimum atomic E-state index is -0.788. The van der Waals surface area contributed by atoms with Gasteiger partial charge in [0.2, 0.25) is 0 Å². The van der Waals surface area contributed by atoms with Gasteiger partial charge in [0, 0.05) is 79.8 Å². The number of hydrogen-bond donors (Lipinski definition) is 5. The molecule has 11 rings (SSSR count). The lowest BCUT2D eigenvalue weighted by molar-refractivity contribution is -0.228. The zero-order valence-electron chi connectivity index (χ0n) is 45.3. The number of allylic oxidation sites excluding steroid dienone is 1. The molecule has 1 aromatic carbocycles. The number of rotatable bonds is 13. The van der Waals surface area contributed by atoms with Gasteiger partial charge in [0.05, 0.1) is 28.8 Å². The normalized spacial score (nSPS) is 38.4. The zero-order valence-corrected chi connectivity index (χ0v) is 45.3. The van der Waals surface area contributed by atoms with Crippen molar-refractivity contribution in [1.29, 1.82) is 0 Å². The van der Waals surface area contributed by atoms with E-state index >= 15 is 4.79 Å². The smallest absolute Gasteiger partial charge is 0.160 e. The Hall–Kier alpha value is -3.12. The largest absolute Gasteiger partial charge is 0.396 e. The van der Waals surface area contributed by atoms with Crippen LogP contribution in [-0.2, 0) is 38.4 Å². The minimum Gasteiger partial charge on any atom is -0.396 e. The zero-order chi connectivity index (χ0) is 50.8. The van der Waals surface area contributed by atoms with E-state index in [-0.39, 0.29) is 42.2 Å². The van der Waals surface area contributed by atoms with Crippen LogP contribution in [0.15, 0.2) is 41.7 Å². The number of aliphatic hydroxyl groups excluding tert-OH is 3. The van der Waals surface area contributed by atoms with Crippen molar-refractivity contribution in [2.24, 2.45) is 50.7 Å². The van der Waals surface area contributed by atoms with Crippen LogP contribution in [0.5, 0.6) is 0 Å². The van der Waals surface area contributed by atoms with E-state index in [0.717, 1.165) is 81.4 Å². The van der Waals surface area contributed by atoms with Crippen molar-refractivity contribution in [2.75, 3.05) is 33.4 Å². The van der Waals surface area contributed by atoms with Crippen LogP contribution in [0.1, 0.15) is 191 Å². The second-order valence-corrected chi connectivity index (χ2v) is 26.9. The van der Waals surface area contributed by atoms with Crippen LogP contribution < -0.4 is 5.32 Å².